The second-order valence-electron chi connectivity index (χ2n) is 3.36. The number of alkyl halides is 6. The highest BCUT2D eigenvalue weighted by atomic mass is 19.4. The first-order chi connectivity index (χ1) is 7.67. The van der Waals surface area contributed by atoms with Crippen LogP contribution >= 0.6 is 0 Å². The molecule has 0 fully saturated rings. The zero-order valence-electron chi connectivity index (χ0n) is 8.65. The van der Waals surface area contributed by atoms with E-state index in [4.69, 9.17) is 0 Å². The van der Waals surface area contributed by atoms with Crippen molar-refractivity contribution in [2.45, 2.75) is 17.9 Å². The van der Waals surface area contributed by atoms with Gasteiger partial charge in [-0.05, 0) is 12.6 Å². The van der Waals surface area contributed by atoms with Crippen molar-refractivity contribution in [3.8, 4) is 0 Å². The summed E-state index contributed by atoms with van der Waals surface area (Å²) in [6.07, 6.45) is -11.0. The lowest BCUT2D eigenvalue weighted by atomic mass is 9.88. The smallest absolute Gasteiger partial charge is 0.295 e. The van der Waals surface area contributed by atoms with E-state index < -0.39 is 23.5 Å². The molecule has 0 amide bonds. The second kappa shape index (κ2) is 4.21. The molecule has 0 spiro atoms. The topological polar surface area (TPSA) is 12.0 Å². The zero-order chi connectivity index (χ0) is 13.3. The zero-order valence-corrected chi connectivity index (χ0v) is 8.65. The van der Waals surface area contributed by atoms with Crippen LogP contribution in [-0.4, -0.2) is 19.4 Å². The first-order valence-corrected chi connectivity index (χ1v) is 4.54. The van der Waals surface area contributed by atoms with E-state index in [0.717, 1.165) is 24.3 Å². The lowest BCUT2D eigenvalue weighted by molar-refractivity contribution is -0.312. The SMILES string of the molecule is CNC(c1ccccc1)(C(F)(F)F)C(F)(F)F. The highest BCUT2D eigenvalue weighted by molar-refractivity contribution is 5.29. The highest BCUT2D eigenvalue weighted by Crippen LogP contribution is 2.49. The van der Waals surface area contributed by atoms with E-state index in [1.807, 2.05) is 0 Å². The van der Waals surface area contributed by atoms with Crippen LogP contribution in [-0.2, 0) is 5.54 Å². The monoisotopic (exact) mass is 257 g/mol. The van der Waals surface area contributed by atoms with Gasteiger partial charge in [0.15, 0.2) is 0 Å². The van der Waals surface area contributed by atoms with E-state index in [-0.39, 0.29) is 0 Å². The van der Waals surface area contributed by atoms with Crippen molar-refractivity contribution in [3.63, 3.8) is 0 Å². The molecule has 0 bridgehead atoms. The third-order valence-electron chi connectivity index (χ3n) is 2.43. The van der Waals surface area contributed by atoms with Crippen molar-refractivity contribution in [2.24, 2.45) is 0 Å². The molecule has 1 rings (SSSR count). The summed E-state index contributed by atoms with van der Waals surface area (Å²) in [6.45, 7) is 0. The first kappa shape index (κ1) is 13.8. The van der Waals surface area contributed by atoms with Gasteiger partial charge < -0.3 is 0 Å². The average molecular weight is 257 g/mol. The molecule has 1 nitrogen and oxygen atoms in total. The normalized spacial score (nSPS) is 13.8. The van der Waals surface area contributed by atoms with Gasteiger partial charge in [-0.2, -0.15) is 26.3 Å². The summed E-state index contributed by atoms with van der Waals surface area (Å²) in [5.74, 6) is 0. The molecule has 96 valence electrons. The van der Waals surface area contributed by atoms with Crippen molar-refractivity contribution < 1.29 is 26.3 Å². The van der Waals surface area contributed by atoms with E-state index in [1.54, 1.807) is 0 Å². The minimum atomic E-state index is -5.48. The molecule has 7 heteroatoms. The van der Waals surface area contributed by atoms with Gasteiger partial charge in [0.2, 0.25) is 5.54 Å². The summed E-state index contributed by atoms with van der Waals surface area (Å²) in [7, 11) is 0.633. The summed E-state index contributed by atoms with van der Waals surface area (Å²) < 4.78 is 76.6. The summed E-state index contributed by atoms with van der Waals surface area (Å²) in [5.41, 5.74) is -4.93. The molecular formula is C10H9F6N. The average Bonchev–Trinajstić information content (AvgIpc) is 2.16. The Bertz CT molecular complexity index is 353. The number of nitrogens with one attached hydrogen (secondary N) is 1. The van der Waals surface area contributed by atoms with Gasteiger partial charge in [0.25, 0.3) is 0 Å². The molecule has 1 N–H and O–H groups in total. The Balaban J connectivity index is 3.49. The molecule has 1 aromatic carbocycles. The Morgan fingerprint density at radius 3 is 1.53 bits per heavy atom. The van der Waals surface area contributed by atoms with Crippen molar-refractivity contribution in [1.29, 1.82) is 0 Å². The maximum Gasteiger partial charge on any atom is 0.419 e. The van der Waals surface area contributed by atoms with Gasteiger partial charge in [-0.1, -0.05) is 30.3 Å². The summed E-state index contributed by atoms with van der Waals surface area (Å²) in [6, 6.07) is 5.17. The molecule has 0 aliphatic heterocycles. The van der Waals surface area contributed by atoms with Crippen LogP contribution in [0.4, 0.5) is 26.3 Å². The Labute approximate surface area is 93.4 Å². The predicted octanol–water partition coefficient (Wildman–Crippen LogP) is 3.23. The number of rotatable bonds is 2. The number of benzene rings is 1. The van der Waals surface area contributed by atoms with Crippen molar-refractivity contribution >= 4 is 0 Å². The number of hydrogen-bond acceptors (Lipinski definition) is 1. The fourth-order valence-electron chi connectivity index (χ4n) is 1.60. The van der Waals surface area contributed by atoms with Crippen LogP contribution in [0.1, 0.15) is 5.56 Å². The Morgan fingerprint density at radius 2 is 1.24 bits per heavy atom. The third kappa shape index (κ3) is 2.11. The summed E-state index contributed by atoms with van der Waals surface area (Å²) in [5, 5.41) is 1.36. The van der Waals surface area contributed by atoms with Crippen LogP contribution in [0.5, 0.6) is 0 Å². The molecule has 0 heterocycles. The van der Waals surface area contributed by atoms with E-state index in [2.05, 4.69) is 0 Å². The van der Waals surface area contributed by atoms with Crippen LogP contribution in [0, 0.1) is 0 Å². The predicted molar refractivity (Wildman–Crippen MR) is 49.3 cm³/mol. The molecule has 0 unspecified atom stereocenters. The largest absolute Gasteiger partial charge is 0.419 e. The molecule has 0 radical (unpaired) electrons. The third-order valence-corrected chi connectivity index (χ3v) is 2.43. The fourth-order valence-corrected chi connectivity index (χ4v) is 1.60. The van der Waals surface area contributed by atoms with Crippen LogP contribution < -0.4 is 5.32 Å². The molecule has 0 aliphatic carbocycles. The van der Waals surface area contributed by atoms with Crippen LogP contribution in [0.3, 0.4) is 0 Å². The second-order valence-corrected chi connectivity index (χ2v) is 3.36. The van der Waals surface area contributed by atoms with Crippen LogP contribution in [0.25, 0.3) is 0 Å². The minimum Gasteiger partial charge on any atom is -0.295 e. The van der Waals surface area contributed by atoms with E-state index in [0.29, 0.717) is 7.05 Å². The molecule has 17 heavy (non-hydrogen) atoms. The lowest BCUT2D eigenvalue weighted by Crippen LogP contribution is -2.62. The van der Waals surface area contributed by atoms with Gasteiger partial charge >= 0.3 is 12.4 Å². The van der Waals surface area contributed by atoms with E-state index in [1.165, 1.54) is 11.4 Å². The van der Waals surface area contributed by atoms with Crippen molar-refractivity contribution in [1.82, 2.24) is 5.32 Å². The van der Waals surface area contributed by atoms with Gasteiger partial charge in [0.1, 0.15) is 0 Å². The minimum absolute atomic E-state index is 0.633. The van der Waals surface area contributed by atoms with E-state index in [9.17, 15) is 26.3 Å². The Morgan fingerprint density at radius 1 is 0.824 bits per heavy atom. The number of halogens is 6. The summed E-state index contributed by atoms with van der Waals surface area (Å²) in [4.78, 5) is 0. The molecular weight excluding hydrogens is 248 g/mol. The van der Waals surface area contributed by atoms with Crippen LogP contribution in [0.2, 0.25) is 0 Å². The maximum atomic E-state index is 12.8. The van der Waals surface area contributed by atoms with Gasteiger partial charge in [-0.25, -0.2) is 0 Å². The first-order valence-electron chi connectivity index (χ1n) is 4.54. The van der Waals surface area contributed by atoms with Crippen molar-refractivity contribution in [3.05, 3.63) is 35.9 Å². The molecule has 0 atom stereocenters. The standard InChI is InChI=1S/C10H9F6N/c1-17-8(9(11,12)13,10(14,15)16)7-5-3-2-4-6-7/h2-6,17H,1H3. The highest BCUT2D eigenvalue weighted by Gasteiger charge is 2.71. The van der Waals surface area contributed by atoms with Crippen molar-refractivity contribution in [2.75, 3.05) is 7.05 Å². The lowest BCUT2D eigenvalue weighted by Gasteiger charge is -2.37. The Kier molecular flexibility index (Phi) is 3.42. The van der Waals surface area contributed by atoms with Crippen LogP contribution in [0.15, 0.2) is 30.3 Å². The quantitative estimate of drug-likeness (QED) is 0.802. The van der Waals surface area contributed by atoms with Gasteiger partial charge in [0, 0.05) is 0 Å². The molecule has 0 saturated heterocycles. The molecule has 0 aliphatic rings. The molecule has 0 aromatic heterocycles. The Hall–Kier alpha value is -1.24. The maximum absolute atomic E-state index is 12.8. The molecule has 0 saturated carbocycles. The van der Waals surface area contributed by atoms with Gasteiger partial charge in [-0.3, -0.25) is 5.32 Å². The molecule has 1 aromatic rings. The fraction of sp³-hybridized carbons (Fsp3) is 0.400. The van der Waals surface area contributed by atoms with Gasteiger partial charge in [-0.15, -0.1) is 0 Å². The summed E-state index contributed by atoms with van der Waals surface area (Å²) >= 11 is 0. The van der Waals surface area contributed by atoms with E-state index >= 15 is 0 Å². The van der Waals surface area contributed by atoms with Gasteiger partial charge in [0.05, 0.1) is 0 Å². The number of hydrogen-bond donors (Lipinski definition) is 1.